The van der Waals surface area contributed by atoms with E-state index >= 15 is 0 Å². The van der Waals surface area contributed by atoms with Crippen LogP contribution in [0.1, 0.15) is 27.2 Å². The second-order valence-electron chi connectivity index (χ2n) is 3.35. The summed E-state index contributed by atoms with van der Waals surface area (Å²) in [5.41, 5.74) is 0. The van der Waals surface area contributed by atoms with E-state index in [1.165, 1.54) is 6.92 Å². The maximum Gasteiger partial charge on any atom is 0.307 e. The standard InChI is InChI=1S/C8H17NO4S/c1-4-5-14(12,13)9-7(3)6(2)8(10)11/h6-7,9H,4-5H2,1-3H3,(H,10,11). The van der Waals surface area contributed by atoms with Gasteiger partial charge in [-0.2, -0.15) is 0 Å². The molecule has 0 aromatic heterocycles. The van der Waals surface area contributed by atoms with Crippen molar-refractivity contribution in [2.45, 2.75) is 33.2 Å². The van der Waals surface area contributed by atoms with Gasteiger partial charge in [0.25, 0.3) is 0 Å². The largest absolute Gasteiger partial charge is 0.481 e. The Hall–Kier alpha value is -0.620. The quantitative estimate of drug-likeness (QED) is 0.683. The van der Waals surface area contributed by atoms with Crippen LogP contribution in [0.15, 0.2) is 0 Å². The summed E-state index contributed by atoms with van der Waals surface area (Å²) in [7, 11) is -3.32. The zero-order valence-corrected chi connectivity index (χ0v) is 9.47. The summed E-state index contributed by atoms with van der Waals surface area (Å²) < 4.78 is 24.9. The first-order valence-corrected chi connectivity index (χ1v) is 6.18. The monoisotopic (exact) mass is 223 g/mol. The van der Waals surface area contributed by atoms with Crippen LogP contribution in [0.25, 0.3) is 0 Å². The number of aliphatic carboxylic acids is 1. The molecule has 0 rings (SSSR count). The topological polar surface area (TPSA) is 83.5 Å². The SMILES string of the molecule is CCCS(=O)(=O)NC(C)C(C)C(=O)O. The van der Waals surface area contributed by atoms with Crippen molar-refractivity contribution in [1.29, 1.82) is 0 Å². The lowest BCUT2D eigenvalue weighted by Crippen LogP contribution is -2.40. The van der Waals surface area contributed by atoms with E-state index in [0.29, 0.717) is 6.42 Å². The van der Waals surface area contributed by atoms with Gasteiger partial charge in [0.15, 0.2) is 0 Å². The Balaban J connectivity index is 4.32. The molecule has 0 saturated heterocycles. The summed E-state index contributed by atoms with van der Waals surface area (Å²) in [6.45, 7) is 4.78. The van der Waals surface area contributed by atoms with Gasteiger partial charge in [-0.3, -0.25) is 4.79 Å². The molecule has 0 spiro atoms. The first-order valence-electron chi connectivity index (χ1n) is 4.53. The number of nitrogens with one attached hydrogen (secondary N) is 1. The predicted octanol–water partition coefficient (Wildman–Crippen LogP) is 0.425. The van der Waals surface area contributed by atoms with Crippen molar-refractivity contribution in [2.75, 3.05) is 5.75 Å². The van der Waals surface area contributed by atoms with E-state index in [1.54, 1.807) is 13.8 Å². The molecule has 14 heavy (non-hydrogen) atoms. The highest BCUT2D eigenvalue weighted by molar-refractivity contribution is 7.89. The first kappa shape index (κ1) is 13.4. The average molecular weight is 223 g/mol. The highest BCUT2D eigenvalue weighted by Gasteiger charge is 2.23. The van der Waals surface area contributed by atoms with Gasteiger partial charge in [-0.15, -0.1) is 0 Å². The zero-order valence-electron chi connectivity index (χ0n) is 8.65. The normalized spacial score (nSPS) is 16.2. The Morgan fingerprint density at radius 1 is 1.43 bits per heavy atom. The molecule has 0 saturated carbocycles. The van der Waals surface area contributed by atoms with Gasteiger partial charge in [0, 0.05) is 6.04 Å². The summed E-state index contributed by atoms with van der Waals surface area (Å²) in [6, 6.07) is -0.580. The van der Waals surface area contributed by atoms with E-state index in [2.05, 4.69) is 4.72 Å². The maximum absolute atomic E-state index is 11.3. The molecule has 2 atom stereocenters. The number of hydrogen-bond donors (Lipinski definition) is 2. The first-order chi connectivity index (χ1) is 6.30. The van der Waals surface area contributed by atoms with Gasteiger partial charge in [-0.05, 0) is 13.3 Å². The second kappa shape index (κ2) is 5.31. The Labute approximate surface area is 84.6 Å². The lowest BCUT2D eigenvalue weighted by atomic mass is 10.1. The van der Waals surface area contributed by atoms with Crippen LogP contribution >= 0.6 is 0 Å². The number of carboxylic acids is 1. The fraction of sp³-hybridized carbons (Fsp3) is 0.875. The molecule has 2 unspecified atom stereocenters. The van der Waals surface area contributed by atoms with Crippen LogP contribution in [0.5, 0.6) is 0 Å². The van der Waals surface area contributed by atoms with Gasteiger partial charge < -0.3 is 5.11 Å². The smallest absolute Gasteiger partial charge is 0.307 e. The van der Waals surface area contributed by atoms with Crippen molar-refractivity contribution < 1.29 is 18.3 Å². The third-order valence-electron chi connectivity index (χ3n) is 1.98. The van der Waals surface area contributed by atoms with Crippen molar-refractivity contribution in [2.24, 2.45) is 5.92 Å². The molecule has 0 heterocycles. The van der Waals surface area contributed by atoms with Crippen molar-refractivity contribution in [3.05, 3.63) is 0 Å². The molecular weight excluding hydrogens is 206 g/mol. The Bertz CT molecular complexity index is 286. The molecule has 0 aromatic rings. The van der Waals surface area contributed by atoms with Crippen LogP contribution in [0, 0.1) is 5.92 Å². The molecule has 0 radical (unpaired) electrons. The number of rotatable bonds is 6. The summed E-state index contributed by atoms with van der Waals surface area (Å²) in [5, 5.41) is 8.64. The van der Waals surface area contributed by atoms with Gasteiger partial charge >= 0.3 is 5.97 Å². The molecule has 84 valence electrons. The maximum atomic E-state index is 11.3. The molecule has 0 aliphatic carbocycles. The van der Waals surface area contributed by atoms with Crippen LogP contribution in [0.4, 0.5) is 0 Å². The lowest BCUT2D eigenvalue weighted by molar-refractivity contribution is -0.141. The van der Waals surface area contributed by atoms with E-state index in [0.717, 1.165) is 0 Å². The fourth-order valence-corrected chi connectivity index (χ4v) is 2.35. The van der Waals surface area contributed by atoms with Crippen LogP contribution < -0.4 is 4.72 Å². The fourth-order valence-electron chi connectivity index (χ4n) is 0.927. The Morgan fingerprint density at radius 2 is 1.93 bits per heavy atom. The summed E-state index contributed by atoms with van der Waals surface area (Å²) >= 11 is 0. The number of carboxylic acid groups (broad SMARTS) is 1. The van der Waals surface area contributed by atoms with E-state index in [-0.39, 0.29) is 5.75 Å². The van der Waals surface area contributed by atoms with Gasteiger partial charge in [-0.25, -0.2) is 13.1 Å². The molecule has 0 fully saturated rings. The van der Waals surface area contributed by atoms with Gasteiger partial charge in [0.1, 0.15) is 0 Å². The Kier molecular flexibility index (Phi) is 5.07. The van der Waals surface area contributed by atoms with Gasteiger partial charge in [0.2, 0.25) is 10.0 Å². The summed E-state index contributed by atoms with van der Waals surface area (Å²) in [6.07, 6.45) is 0.517. The van der Waals surface area contributed by atoms with Crippen LogP contribution in [-0.4, -0.2) is 31.3 Å². The Morgan fingerprint density at radius 3 is 2.29 bits per heavy atom. The van der Waals surface area contributed by atoms with Gasteiger partial charge in [-0.1, -0.05) is 13.8 Å². The van der Waals surface area contributed by atoms with Crippen molar-refractivity contribution >= 4 is 16.0 Å². The molecule has 0 aromatic carbocycles. The molecule has 0 amide bonds. The third-order valence-corrected chi connectivity index (χ3v) is 3.65. The minimum Gasteiger partial charge on any atom is -0.481 e. The van der Waals surface area contributed by atoms with Crippen molar-refractivity contribution in [1.82, 2.24) is 4.72 Å². The van der Waals surface area contributed by atoms with E-state index in [9.17, 15) is 13.2 Å². The number of sulfonamides is 1. The van der Waals surface area contributed by atoms with Crippen molar-refractivity contribution in [3.63, 3.8) is 0 Å². The summed E-state index contributed by atoms with van der Waals surface area (Å²) in [5.74, 6) is -1.69. The average Bonchev–Trinajstić information content (AvgIpc) is 2.01. The molecule has 2 N–H and O–H groups in total. The van der Waals surface area contributed by atoms with Gasteiger partial charge in [0.05, 0.1) is 11.7 Å². The van der Waals surface area contributed by atoms with Crippen LogP contribution in [0.3, 0.4) is 0 Å². The van der Waals surface area contributed by atoms with Crippen LogP contribution in [-0.2, 0) is 14.8 Å². The molecule has 0 aliphatic heterocycles. The third kappa shape index (κ3) is 4.57. The minimum absolute atomic E-state index is 0.0314. The summed E-state index contributed by atoms with van der Waals surface area (Å²) in [4.78, 5) is 10.5. The predicted molar refractivity (Wildman–Crippen MR) is 53.5 cm³/mol. The zero-order chi connectivity index (χ0) is 11.4. The lowest BCUT2D eigenvalue weighted by Gasteiger charge is -2.17. The minimum atomic E-state index is -3.32. The second-order valence-corrected chi connectivity index (χ2v) is 5.23. The van der Waals surface area contributed by atoms with E-state index < -0.39 is 28.0 Å². The number of carbonyl (C=O) groups is 1. The molecule has 0 bridgehead atoms. The molecular formula is C8H17NO4S. The molecule has 5 nitrogen and oxygen atoms in total. The van der Waals surface area contributed by atoms with E-state index in [1.807, 2.05) is 0 Å². The highest BCUT2D eigenvalue weighted by Crippen LogP contribution is 2.04. The highest BCUT2D eigenvalue weighted by atomic mass is 32.2. The molecule has 0 aliphatic rings. The van der Waals surface area contributed by atoms with Crippen molar-refractivity contribution in [3.8, 4) is 0 Å². The number of hydrogen-bond acceptors (Lipinski definition) is 3. The molecule has 6 heteroatoms. The van der Waals surface area contributed by atoms with Crippen LogP contribution in [0.2, 0.25) is 0 Å². The van der Waals surface area contributed by atoms with E-state index in [4.69, 9.17) is 5.11 Å².